The van der Waals surface area contributed by atoms with Crippen LogP contribution in [0.4, 0.5) is 0 Å². The van der Waals surface area contributed by atoms with Gasteiger partial charge in [-0.2, -0.15) is 0 Å². The minimum absolute atomic E-state index is 0.100. The zero-order chi connectivity index (χ0) is 15.5. The highest BCUT2D eigenvalue weighted by atomic mass is 16.5. The number of benzene rings is 1. The molecule has 0 aliphatic heterocycles. The van der Waals surface area contributed by atoms with Crippen LogP contribution in [-0.4, -0.2) is 30.1 Å². The van der Waals surface area contributed by atoms with Crippen molar-refractivity contribution in [3.8, 4) is 5.75 Å². The van der Waals surface area contributed by atoms with E-state index in [2.05, 4.69) is 19.2 Å². The van der Waals surface area contributed by atoms with Gasteiger partial charge in [0.05, 0.1) is 5.41 Å². The smallest absolute Gasteiger partial charge is 0.311 e. The Balaban J connectivity index is 1.75. The van der Waals surface area contributed by atoms with E-state index in [0.717, 1.165) is 0 Å². The van der Waals surface area contributed by atoms with E-state index >= 15 is 0 Å². The summed E-state index contributed by atoms with van der Waals surface area (Å²) in [6.45, 7) is 4.30. The maximum atomic E-state index is 11.7. The summed E-state index contributed by atoms with van der Waals surface area (Å²) >= 11 is 0. The summed E-state index contributed by atoms with van der Waals surface area (Å²) in [5, 5.41) is 11.6. The maximum Gasteiger partial charge on any atom is 0.311 e. The van der Waals surface area contributed by atoms with Crippen LogP contribution in [0.5, 0.6) is 5.75 Å². The molecule has 0 atom stereocenters. The van der Waals surface area contributed by atoms with E-state index in [-0.39, 0.29) is 19.1 Å². The Labute approximate surface area is 124 Å². The lowest BCUT2D eigenvalue weighted by Gasteiger charge is -2.12. The molecule has 0 radical (unpaired) electrons. The number of aliphatic carboxylic acids is 1. The van der Waals surface area contributed by atoms with Crippen LogP contribution in [0.25, 0.3) is 0 Å². The average Bonchev–Trinajstić information content (AvgIpc) is 3.24. The highest BCUT2D eigenvalue weighted by Crippen LogP contribution is 2.45. The van der Waals surface area contributed by atoms with Crippen molar-refractivity contribution in [2.75, 3.05) is 13.2 Å². The second-order valence-electron chi connectivity index (χ2n) is 5.87. The molecule has 0 spiro atoms. The number of carboxylic acid groups (broad SMARTS) is 1. The molecule has 1 aliphatic carbocycles. The molecule has 5 heteroatoms. The quantitative estimate of drug-likeness (QED) is 0.807. The van der Waals surface area contributed by atoms with Gasteiger partial charge in [-0.1, -0.05) is 26.0 Å². The molecule has 0 bridgehead atoms. The Morgan fingerprint density at radius 1 is 1.29 bits per heavy atom. The molecule has 0 unspecified atom stereocenters. The lowest BCUT2D eigenvalue weighted by atomic mass is 10.0. The Kier molecular flexibility index (Phi) is 4.50. The lowest BCUT2D eigenvalue weighted by Crippen LogP contribution is -2.36. The number of nitrogens with one attached hydrogen (secondary N) is 1. The number of amides is 1. The molecule has 5 nitrogen and oxygen atoms in total. The number of hydrogen-bond acceptors (Lipinski definition) is 3. The Morgan fingerprint density at radius 2 is 1.90 bits per heavy atom. The number of rotatable bonds is 7. The molecule has 2 N–H and O–H groups in total. The molecule has 1 aromatic carbocycles. The van der Waals surface area contributed by atoms with Crippen LogP contribution in [-0.2, 0) is 9.59 Å². The van der Waals surface area contributed by atoms with Crippen LogP contribution in [0.15, 0.2) is 24.3 Å². The van der Waals surface area contributed by atoms with Gasteiger partial charge in [0.25, 0.3) is 5.91 Å². The van der Waals surface area contributed by atoms with Crippen molar-refractivity contribution >= 4 is 11.9 Å². The van der Waals surface area contributed by atoms with E-state index in [0.29, 0.717) is 24.5 Å². The highest BCUT2D eigenvalue weighted by molar-refractivity contribution is 5.81. The van der Waals surface area contributed by atoms with Gasteiger partial charge in [-0.25, -0.2) is 0 Å². The molecular formula is C16H21NO4. The maximum absolute atomic E-state index is 11.7. The monoisotopic (exact) mass is 291 g/mol. The molecule has 21 heavy (non-hydrogen) atoms. The third kappa shape index (κ3) is 3.97. The van der Waals surface area contributed by atoms with Gasteiger partial charge < -0.3 is 15.2 Å². The van der Waals surface area contributed by atoms with E-state index in [9.17, 15) is 9.59 Å². The molecule has 1 saturated carbocycles. The average molecular weight is 291 g/mol. The van der Waals surface area contributed by atoms with Crippen LogP contribution < -0.4 is 10.1 Å². The van der Waals surface area contributed by atoms with Gasteiger partial charge in [0.2, 0.25) is 0 Å². The topological polar surface area (TPSA) is 75.6 Å². The van der Waals surface area contributed by atoms with Crippen molar-refractivity contribution < 1.29 is 19.4 Å². The predicted molar refractivity (Wildman–Crippen MR) is 78.3 cm³/mol. The third-order valence-corrected chi connectivity index (χ3v) is 3.85. The van der Waals surface area contributed by atoms with E-state index in [1.54, 1.807) is 0 Å². The lowest BCUT2D eigenvalue weighted by molar-refractivity contribution is -0.143. The largest absolute Gasteiger partial charge is 0.484 e. The Hall–Kier alpha value is -2.04. The number of hydrogen-bond donors (Lipinski definition) is 2. The van der Waals surface area contributed by atoms with Gasteiger partial charge in [-0.3, -0.25) is 9.59 Å². The summed E-state index contributed by atoms with van der Waals surface area (Å²) in [7, 11) is 0. The summed E-state index contributed by atoms with van der Waals surface area (Å²) in [5.41, 5.74) is 0.470. The zero-order valence-corrected chi connectivity index (χ0v) is 12.4. The summed E-state index contributed by atoms with van der Waals surface area (Å²) in [6, 6.07) is 7.62. The van der Waals surface area contributed by atoms with E-state index in [1.807, 2.05) is 24.3 Å². The number of carbonyl (C=O) groups is 2. The summed E-state index contributed by atoms with van der Waals surface area (Å²) in [6.07, 6.45) is 1.25. The first-order valence-corrected chi connectivity index (χ1v) is 7.16. The van der Waals surface area contributed by atoms with Crippen molar-refractivity contribution in [1.29, 1.82) is 0 Å². The van der Waals surface area contributed by atoms with Gasteiger partial charge in [0, 0.05) is 6.54 Å². The van der Waals surface area contributed by atoms with Gasteiger partial charge in [0.15, 0.2) is 6.61 Å². The highest BCUT2D eigenvalue weighted by Gasteiger charge is 2.50. The van der Waals surface area contributed by atoms with Crippen molar-refractivity contribution in [2.24, 2.45) is 5.41 Å². The Morgan fingerprint density at radius 3 is 2.38 bits per heavy atom. The predicted octanol–water partition coefficient (Wildman–Crippen LogP) is 2.17. The minimum Gasteiger partial charge on any atom is -0.484 e. The molecule has 0 aromatic heterocycles. The molecule has 2 rings (SSSR count). The molecule has 1 fully saturated rings. The van der Waals surface area contributed by atoms with Crippen LogP contribution in [0.1, 0.15) is 38.2 Å². The van der Waals surface area contributed by atoms with Crippen molar-refractivity contribution in [1.82, 2.24) is 5.32 Å². The van der Waals surface area contributed by atoms with Crippen LogP contribution in [0, 0.1) is 5.41 Å². The minimum atomic E-state index is -0.840. The molecule has 114 valence electrons. The van der Waals surface area contributed by atoms with Crippen molar-refractivity contribution in [2.45, 2.75) is 32.6 Å². The number of ether oxygens (including phenoxy) is 1. The molecule has 0 saturated heterocycles. The van der Waals surface area contributed by atoms with E-state index in [4.69, 9.17) is 9.84 Å². The van der Waals surface area contributed by atoms with Crippen LogP contribution >= 0.6 is 0 Å². The van der Waals surface area contributed by atoms with Gasteiger partial charge in [-0.05, 0) is 36.5 Å². The van der Waals surface area contributed by atoms with Crippen LogP contribution in [0.3, 0.4) is 0 Å². The van der Waals surface area contributed by atoms with Crippen molar-refractivity contribution in [3.05, 3.63) is 29.8 Å². The second kappa shape index (κ2) is 6.16. The third-order valence-electron chi connectivity index (χ3n) is 3.85. The van der Waals surface area contributed by atoms with Gasteiger partial charge in [0.1, 0.15) is 5.75 Å². The molecule has 0 heterocycles. The second-order valence-corrected chi connectivity index (χ2v) is 5.87. The van der Waals surface area contributed by atoms with E-state index in [1.165, 1.54) is 5.56 Å². The summed E-state index contributed by atoms with van der Waals surface area (Å²) in [5.74, 6) is -0.0505. The fraction of sp³-hybridized carbons (Fsp3) is 0.500. The fourth-order valence-electron chi connectivity index (χ4n) is 2.03. The zero-order valence-electron chi connectivity index (χ0n) is 12.4. The molecule has 1 aliphatic rings. The standard InChI is InChI=1S/C16H21NO4/c1-11(2)12-3-5-13(6-4-12)21-9-14(18)17-10-16(7-8-16)15(19)20/h3-6,11H,7-10H2,1-2H3,(H,17,18)(H,19,20). The molecule has 1 aromatic rings. The first-order valence-electron chi connectivity index (χ1n) is 7.16. The fourth-order valence-corrected chi connectivity index (χ4v) is 2.03. The molecule has 1 amide bonds. The SMILES string of the molecule is CC(C)c1ccc(OCC(=O)NCC2(C(=O)O)CC2)cc1. The van der Waals surface area contributed by atoms with Crippen molar-refractivity contribution in [3.63, 3.8) is 0 Å². The summed E-state index contributed by atoms with van der Waals surface area (Å²) < 4.78 is 5.39. The normalized spacial score (nSPS) is 15.6. The van der Waals surface area contributed by atoms with Gasteiger partial charge in [-0.15, -0.1) is 0 Å². The van der Waals surface area contributed by atoms with E-state index < -0.39 is 11.4 Å². The first kappa shape index (κ1) is 15.4. The Bertz CT molecular complexity index is 518. The van der Waals surface area contributed by atoms with Crippen LogP contribution in [0.2, 0.25) is 0 Å². The number of carboxylic acids is 1. The van der Waals surface area contributed by atoms with Gasteiger partial charge >= 0.3 is 5.97 Å². The summed E-state index contributed by atoms with van der Waals surface area (Å²) in [4.78, 5) is 22.6. The number of carbonyl (C=O) groups excluding carboxylic acids is 1. The molecular weight excluding hydrogens is 270 g/mol. The first-order chi connectivity index (χ1) is 9.93.